The molecule has 0 aromatic heterocycles. The lowest BCUT2D eigenvalue weighted by Gasteiger charge is -2.26. The Morgan fingerprint density at radius 1 is 1.07 bits per heavy atom. The Morgan fingerprint density at radius 3 is 2.43 bits per heavy atom. The number of anilines is 1. The molecule has 2 N–H and O–H groups in total. The third-order valence-electron chi connectivity index (χ3n) is 4.23. The van der Waals surface area contributed by atoms with Gasteiger partial charge in [-0.15, -0.1) is 0 Å². The number of nitrogens with one attached hydrogen (secondary N) is 2. The first-order chi connectivity index (χ1) is 13.5. The van der Waals surface area contributed by atoms with Gasteiger partial charge in [-0.05, 0) is 35.4 Å². The van der Waals surface area contributed by atoms with Gasteiger partial charge < -0.3 is 15.0 Å². The van der Waals surface area contributed by atoms with Gasteiger partial charge in [-0.2, -0.15) is 0 Å². The van der Waals surface area contributed by atoms with Gasteiger partial charge in [0.25, 0.3) is 0 Å². The van der Waals surface area contributed by atoms with Crippen molar-refractivity contribution < 1.29 is 19.1 Å². The average molecular weight is 402 g/mol. The third-order valence-corrected chi connectivity index (χ3v) is 4.48. The largest absolute Gasteiger partial charge is 0.444 e. The second-order valence-electron chi connectivity index (χ2n) is 6.37. The van der Waals surface area contributed by atoms with E-state index >= 15 is 0 Å². The van der Waals surface area contributed by atoms with Crippen LogP contribution in [0.5, 0.6) is 0 Å². The van der Waals surface area contributed by atoms with Crippen molar-refractivity contribution in [1.82, 2.24) is 10.2 Å². The Balaban J connectivity index is 1.47. The van der Waals surface area contributed by atoms with Crippen molar-refractivity contribution in [1.29, 1.82) is 0 Å². The van der Waals surface area contributed by atoms with Crippen LogP contribution in [0.1, 0.15) is 11.1 Å². The van der Waals surface area contributed by atoms with Gasteiger partial charge in [0.2, 0.25) is 11.8 Å². The van der Waals surface area contributed by atoms with Crippen LogP contribution in [-0.2, 0) is 27.4 Å². The predicted octanol–water partition coefficient (Wildman–Crippen LogP) is 2.59. The lowest BCUT2D eigenvalue weighted by molar-refractivity contribution is -0.137. The molecular formula is C20H20ClN3O4. The van der Waals surface area contributed by atoms with Crippen LogP contribution in [0.4, 0.5) is 10.5 Å². The summed E-state index contributed by atoms with van der Waals surface area (Å²) in [6.45, 7) is 1.23. The van der Waals surface area contributed by atoms with Gasteiger partial charge in [-0.1, -0.05) is 35.9 Å². The number of amides is 3. The van der Waals surface area contributed by atoms with E-state index in [1.54, 1.807) is 53.4 Å². The fourth-order valence-corrected chi connectivity index (χ4v) is 2.85. The molecule has 3 rings (SSSR count). The highest BCUT2D eigenvalue weighted by Gasteiger charge is 2.21. The van der Waals surface area contributed by atoms with Crippen molar-refractivity contribution in [2.45, 2.75) is 13.0 Å². The Labute approximate surface area is 167 Å². The highest BCUT2D eigenvalue weighted by atomic mass is 35.5. The maximum Gasteiger partial charge on any atom is 0.411 e. The molecule has 0 bridgehead atoms. The van der Waals surface area contributed by atoms with Crippen LogP contribution in [0.15, 0.2) is 48.5 Å². The molecule has 2 aromatic rings. The first-order valence-electron chi connectivity index (χ1n) is 8.81. The predicted molar refractivity (Wildman–Crippen MR) is 105 cm³/mol. The van der Waals surface area contributed by atoms with E-state index in [0.717, 1.165) is 11.1 Å². The third kappa shape index (κ3) is 5.72. The Hall–Kier alpha value is -3.06. The Kier molecular flexibility index (Phi) is 6.49. The van der Waals surface area contributed by atoms with Crippen LogP contribution in [0.25, 0.3) is 0 Å². The number of carbonyl (C=O) groups excluding carboxylic acids is 3. The van der Waals surface area contributed by atoms with Crippen molar-refractivity contribution in [2.75, 3.05) is 25.0 Å². The molecule has 1 heterocycles. The van der Waals surface area contributed by atoms with E-state index in [1.807, 2.05) is 0 Å². The molecule has 3 amide bonds. The Bertz CT molecular complexity index is 853. The van der Waals surface area contributed by atoms with Crippen molar-refractivity contribution in [2.24, 2.45) is 0 Å². The summed E-state index contributed by atoms with van der Waals surface area (Å²) >= 11 is 5.81. The van der Waals surface area contributed by atoms with E-state index in [2.05, 4.69) is 10.6 Å². The van der Waals surface area contributed by atoms with Crippen LogP contribution < -0.4 is 10.6 Å². The molecule has 0 unspecified atom stereocenters. The minimum Gasteiger partial charge on any atom is -0.444 e. The van der Waals surface area contributed by atoms with Gasteiger partial charge in [0.15, 0.2) is 0 Å². The van der Waals surface area contributed by atoms with Crippen molar-refractivity contribution in [3.05, 3.63) is 64.7 Å². The monoisotopic (exact) mass is 401 g/mol. The number of hydrogen-bond donors (Lipinski definition) is 2. The highest BCUT2D eigenvalue weighted by Crippen LogP contribution is 2.13. The molecule has 0 atom stereocenters. The zero-order chi connectivity index (χ0) is 19.9. The lowest BCUT2D eigenvalue weighted by atomic mass is 10.1. The minimum absolute atomic E-state index is 0.0952. The summed E-state index contributed by atoms with van der Waals surface area (Å²) in [6, 6.07) is 14.0. The van der Waals surface area contributed by atoms with Crippen molar-refractivity contribution in [3.63, 3.8) is 0 Å². The topological polar surface area (TPSA) is 87.7 Å². The summed E-state index contributed by atoms with van der Waals surface area (Å²) in [5, 5.41) is 5.95. The van der Waals surface area contributed by atoms with Crippen LogP contribution >= 0.6 is 11.6 Å². The number of rotatable bonds is 5. The molecule has 1 saturated heterocycles. The number of benzene rings is 2. The fourth-order valence-electron chi connectivity index (χ4n) is 2.73. The highest BCUT2D eigenvalue weighted by molar-refractivity contribution is 6.30. The van der Waals surface area contributed by atoms with Crippen LogP contribution in [0.3, 0.4) is 0 Å². The first kappa shape index (κ1) is 19.7. The average Bonchev–Trinajstić information content (AvgIpc) is 2.69. The number of ether oxygens (including phenoxy) is 1. The van der Waals surface area contributed by atoms with Gasteiger partial charge >= 0.3 is 6.09 Å². The van der Waals surface area contributed by atoms with Gasteiger partial charge in [-0.3, -0.25) is 14.9 Å². The van der Waals surface area contributed by atoms with Crippen molar-refractivity contribution in [3.8, 4) is 0 Å². The zero-order valence-corrected chi connectivity index (χ0v) is 15.9. The summed E-state index contributed by atoms with van der Waals surface area (Å²) < 4.78 is 5.16. The number of halogens is 1. The first-order valence-corrected chi connectivity index (χ1v) is 9.19. The molecule has 0 saturated carbocycles. The van der Waals surface area contributed by atoms with E-state index < -0.39 is 6.09 Å². The fraction of sp³-hybridized carbons (Fsp3) is 0.250. The molecule has 0 spiro atoms. The van der Waals surface area contributed by atoms with Crippen molar-refractivity contribution >= 4 is 35.2 Å². The van der Waals surface area contributed by atoms with Gasteiger partial charge in [0.1, 0.15) is 6.61 Å². The maximum absolute atomic E-state index is 12.3. The van der Waals surface area contributed by atoms with E-state index in [-0.39, 0.29) is 31.4 Å². The lowest BCUT2D eigenvalue weighted by Crippen LogP contribution is -2.50. The second kappa shape index (κ2) is 9.23. The van der Waals surface area contributed by atoms with Gasteiger partial charge in [0.05, 0.1) is 13.0 Å². The molecule has 1 fully saturated rings. The maximum atomic E-state index is 12.3. The molecule has 8 heteroatoms. The standard InChI is InChI=1S/C20H20ClN3O4/c21-16-5-1-15(2-6-16)13-28-20(27)23-17-7-3-14(4-8-17)11-19(26)24-10-9-22-18(25)12-24/h1-8H,9-13H2,(H,22,25)(H,23,27). The SMILES string of the molecule is O=C1CN(C(=O)Cc2ccc(NC(=O)OCc3ccc(Cl)cc3)cc2)CCN1. The number of hydrogen-bond acceptors (Lipinski definition) is 4. The van der Waals surface area contributed by atoms with Gasteiger partial charge in [-0.25, -0.2) is 4.79 Å². The summed E-state index contributed by atoms with van der Waals surface area (Å²) in [6.07, 6.45) is -0.368. The molecule has 1 aliphatic heterocycles. The summed E-state index contributed by atoms with van der Waals surface area (Å²) in [5.41, 5.74) is 2.20. The van der Waals surface area contributed by atoms with E-state index in [9.17, 15) is 14.4 Å². The van der Waals surface area contributed by atoms with Crippen LogP contribution in [-0.4, -0.2) is 42.4 Å². The molecule has 0 aliphatic carbocycles. The summed E-state index contributed by atoms with van der Waals surface area (Å²) in [4.78, 5) is 37.1. The number of carbonyl (C=O) groups is 3. The molecule has 28 heavy (non-hydrogen) atoms. The zero-order valence-electron chi connectivity index (χ0n) is 15.1. The number of nitrogens with zero attached hydrogens (tertiary/aromatic N) is 1. The van der Waals surface area contributed by atoms with E-state index in [1.165, 1.54) is 0 Å². The minimum atomic E-state index is -0.571. The second-order valence-corrected chi connectivity index (χ2v) is 6.80. The normalized spacial score (nSPS) is 13.6. The number of piperazine rings is 1. The molecule has 0 radical (unpaired) electrons. The van der Waals surface area contributed by atoms with Crippen LogP contribution in [0.2, 0.25) is 5.02 Å². The smallest absolute Gasteiger partial charge is 0.411 e. The summed E-state index contributed by atoms with van der Waals surface area (Å²) in [5.74, 6) is -0.241. The molecular weight excluding hydrogens is 382 g/mol. The molecule has 1 aliphatic rings. The van der Waals surface area contributed by atoms with E-state index in [0.29, 0.717) is 23.8 Å². The van der Waals surface area contributed by atoms with Gasteiger partial charge in [0, 0.05) is 23.8 Å². The summed E-state index contributed by atoms with van der Waals surface area (Å²) in [7, 11) is 0. The van der Waals surface area contributed by atoms with E-state index in [4.69, 9.17) is 16.3 Å². The van der Waals surface area contributed by atoms with Crippen LogP contribution in [0, 0.1) is 0 Å². The molecule has 146 valence electrons. The molecule has 7 nitrogen and oxygen atoms in total. The molecule has 2 aromatic carbocycles. The quantitative estimate of drug-likeness (QED) is 0.806. The Morgan fingerprint density at radius 2 is 1.75 bits per heavy atom.